The van der Waals surface area contributed by atoms with Gasteiger partial charge in [0.15, 0.2) is 0 Å². The molecule has 5 heteroatoms. The molecule has 0 aliphatic heterocycles. The lowest BCUT2D eigenvalue weighted by Gasteiger charge is -2.39. The molecule has 0 aliphatic rings. The molecule has 0 radical (unpaired) electrons. The van der Waals surface area contributed by atoms with E-state index in [1.807, 2.05) is 103 Å². The standard InChI is InChI=1S/C45H51NO4/c1-45(2,27-16-7-17-28-48-29-26-37-18-8-3-9-19-37)46(34-38-20-10-4-11-21-38)44(47)32-41-30-42(49-35-39-22-12-5-13-23-39)33-43(31-41)50-36-40-24-14-6-15-25-40/h3-6,8-15,18-25,30-31,33H,7,16-17,26-29,32,34-36H2,1-2H3. The second kappa shape index (κ2) is 19.4. The molecule has 0 N–H and O–H groups in total. The molecule has 0 unspecified atom stereocenters. The average molecular weight is 670 g/mol. The molecule has 5 aromatic rings. The van der Waals surface area contributed by atoms with Crippen molar-refractivity contribution in [2.75, 3.05) is 13.2 Å². The summed E-state index contributed by atoms with van der Waals surface area (Å²) >= 11 is 0. The number of hydrogen-bond acceptors (Lipinski definition) is 4. The summed E-state index contributed by atoms with van der Waals surface area (Å²) in [6, 6.07) is 46.8. The smallest absolute Gasteiger partial charge is 0.227 e. The van der Waals surface area contributed by atoms with Crippen LogP contribution in [0.5, 0.6) is 11.5 Å². The van der Waals surface area contributed by atoms with Gasteiger partial charge in [-0.3, -0.25) is 4.79 Å². The van der Waals surface area contributed by atoms with E-state index in [1.165, 1.54) is 5.56 Å². The predicted molar refractivity (Wildman–Crippen MR) is 202 cm³/mol. The highest BCUT2D eigenvalue weighted by Gasteiger charge is 2.30. The molecule has 0 heterocycles. The first-order chi connectivity index (χ1) is 24.4. The maximum Gasteiger partial charge on any atom is 0.227 e. The molecule has 0 atom stereocenters. The summed E-state index contributed by atoms with van der Waals surface area (Å²) in [6.07, 6.45) is 5.18. The molecule has 0 aliphatic carbocycles. The molecule has 260 valence electrons. The van der Waals surface area contributed by atoms with Crippen LogP contribution in [0.15, 0.2) is 140 Å². The maximum atomic E-state index is 14.3. The normalized spacial score (nSPS) is 11.2. The quantitative estimate of drug-likeness (QED) is 0.0774. The molecule has 5 rings (SSSR count). The zero-order valence-electron chi connectivity index (χ0n) is 29.6. The molecule has 0 saturated heterocycles. The van der Waals surface area contributed by atoms with Crippen LogP contribution in [-0.4, -0.2) is 29.6 Å². The van der Waals surface area contributed by atoms with Crippen LogP contribution in [-0.2, 0) is 42.1 Å². The first kappa shape index (κ1) is 36.4. The molecular weight excluding hydrogens is 618 g/mol. The number of benzene rings is 5. The third-order valence-electron chi connectivity index (χ3n) is 8.96. The number of carbonyl (C=O) groups is 1. The number of rotatable bonds is 20. The summed E-state index contributed by atoms with van der Waals surface area (Å²) in [5.41, 5.74) is 5.11. The van der Waals surface area contributed by atoms with Crippen molar-refractivity contribution in [3.8, 4) is 11.5 Å². The SMILES string of the molecule is CC(C)(CCCCCOCCc1ccccc1)N(Cc1ccccc1)C(=O)Cc1cc(OCc2ccccc2)cc(OCc2ccccc2)c1. The Kier molecular flexibility index (Phi) is 14.1. The van der Waals surface area contributed by atoms with Gasteiger partial charge >= 0.3 is 0 Å². The number of ether oxygens (including phenoxy) is 3. The topological polar surface area (TPSA) is 48.0 Å². The highest BCUT2D eigenvalue weighted by Crippen LogP contribution is 2.29. The maximum absolute atomic E-state index is 14.3. The van der Waals surface area contributed by atoms with E-state index in [0.29, 0.717) is 31.3 Å². The monoisotopic (exact) mass is 669 g/mol. The second-order valence-corrected chi connectivity index (χ2v) is 13.5. The van der Waals surface area contributed by atoms with E-state index in [2.05, 4.69) is 55.1 Å². The van der Waals surface area contributed by atoms with Gasteiger partial charge in [-0.25, -0.2) is 0 Å². The van der Waals surface area contributed by atoms with Crippen molar-refractivity contribution >= 4 is 5.91 Å². The van der Waals surface area contributed by atoms with Gasteiger partial charge in [0.2, 0.25) is 5.91 Å². The first-order valence-electron chi connectivity index (χ1n) is 17.9. The van der Waals surface area contributed by atoms with Crippen LogP contribution in [0, 0.1) is 0 Å². The summed E-state index contributed by atoms with van der Waals surface area (Å²) in [7, 11) is 0. The minimum atomic E-state index is -0.338. The van der Waals surface area contributed by atoms with Crippen LogP contribution in [0.4, 0.5) is 0 Å². The molecule has 1 amide bonds. The largest absolute Gasteiger partial charge is 0.489 e. The van der Waals surface area contributed by atoms with Crippen molar-refractivity contribution in [2.24, 2.45) is 0 Å². The molecule has 0 fully saturated rings. The van der Waals surface area contributed by atoms with Crippen LogP contribution in [0.1, 0.15) is 67.3 Å². The second-order valence-electron chi connectivity index (χ2n) is 13.5. The molecule has 0 spiro atoms. The van der Waals surface area contributed by atoms with Crippen LogP contribution in [0.25, 0.3) is 0 Å². The Bertz CT molecular complexity index is 1630. The van der Waals surface area contributed by atoms with Gasteiger partial charge in [-0.2, -0.15) is 0 Å². The molecule has 0 aromatic heterocycles. The predicted octanol–water partition coefficient (Wildman–Crippen LogP) is 10.0. The zero-order chi connectivity index (χ0) is 34.9. The summed E-state index contributed by atoms with van der Waals surface area (Å²) in [4.78, 5) is 16.3. The Morgan fingerprint density at radius 3 is 1.60 bits per heavy atom. The minimum Gasteiger partial charge on any atom is -0.489 e. The molecule has 5 aromatic carbocycles. The van der Waals surface area contributed by atoms with Crippen LogP contribution >= 0.6 is 0 Å². The molecule has 5 nitrogen and oxygen atoms in total. The third kappa shape index (κ3) is 12.2. The highest BCUT2D eigenvalue weighted by atomic mass is 16.5. The fraction of sp³-hybridized carbons (Fsp3) is 0.311. The van der Waals surface area contributed by atoms with E-state index in [4.69, 9.17) is 14.2 Å². The number of amides is 1. The molecule has 0 saturated carbocycles. The average Bonchev–Trinajstić information content (AvgIpc) is 3.15. The lowest BCUT2D eigenvalue weighted by Crippen LogP contribution is -2.47. The van der Waals surface area contributed by atoms with Crippen LogP contribution in [0.3, 0.4) is 0 Å². The van der Waals surface area contributed by atoms with Crippen molar-refractivity contribution < 1.29 is 19.0 Å². The Balaban J connectivity index is 1.23. The van der Waals surface area contributed by atoms with E-state index in [-0.39, 0.29) is 17.9 Å². The Hall–Kier alpha value is -4.87. The summed E-state index contributed by atoms with van der Waals surface area (Å²) in [6.45, 7) is 7.31. The van der Waals surface area contributed by atoms with E-state index in [1.54, 1.807) is 0 Å². The van der Waals surface area contributed by atoms with Gasteiger partial charge in [0.1, 0.15) is 24.7 Å². The van der Waals surface area contributed by atoms with E-state index in [9.17, 15) is 4.79 Å². The Morgan fingerprint density at radius 2 is 1.06 bits per heavy atom. The molecular formula is C45H51NO4. The van der Waals surface area contributed by atoms with Gasteiger partial charge in [-0.15, -0.1) is 0 Å². The van der Waals surface area contributed by atoms with Gasteiger partial charge < -0.3 is 19.1 Å². The third-order valence-corrected chi connectivity index (χ3v) is 8.96. The number of hydrogen-bond donors (Lipinski definition) is 0. The lowest BCUT2D eigenvalue weighted by atomic mass is 9.92. The van der Waals surface area contributed by atoms with E-state index >= 15 is 0 Å². The number of unbranched alkanes of at least 4 members (excludes halogenated alkanes) is 2. The first-order valence-corrected chi connectivity index (χ1v) is 17.9. The van der Waals surface area contributed by atoms with Crippen molar-refractivity contribution in [1.82, 2.24) is 4.90 Å². The van der Waals surface area contributed by atoms with Crippen LogP contribution < -0.4 is 9.47 Å². The summed E-state index contributed by atoms with van der Waals surface area (Å²) in [5, 5.41) is 0. The van der Waals surface area contributed by atoms with Crippen molar-refractivity contribution in [2.45, 2.75) is 77.7 Å². The van der Waals surface area contributed by atoms with Gasteiger partial charge in [-0.1, -0.05) is 134 Å². The number of carbonyl (C=O) groups excluding carboxylic acids is 1. The zero-order valence-corrected chi connectivity index (χ0v) is 29.6. The van der Waals surface area contributed by atoms with E-state index < -0.39 is 0 Å². The fourth-order valence-electron chi connectivity index (χ4n) is 6.07. The molecule has 0 bridgehead atoms. The summed E-state index contributed by atoms with van der Waals surface area (Å²) in [5.74, 6) is 1.45. The lowest BCUT2D eigenvalue weighted by molar-refractivity contribution is -0.137. The van der Waals surface area contributed by atoms with Gasteiger partial charge in [0.25, 0.3) is 0 Å². The highest BCUT2D eigenvalue weighted by molar-refractivity contribution is 5.80. The van der Waals surface area contributed by atoms with Crippen molar-refractivity contribution in [1.29, 1.82) is 0 Å². The van der Waals surface area contributed by atoms with Gasteiger partial charge in [0.05, 0.1) is 13.0 Å². The van der Waals surface area contributed by atoms with Gasteiger partial charge in [-0.05, 0) is 73.1 Å². The van der Waals surface area contributed by atoms with Crippen molar-refractivity contribution in [3.05, 3.63) is 167 Å². The van der Waals surface area contributed by atoms with E-state index in [0.717, 1.165) is 67.6 Å². The Morgan fingerprint density at radius 1 is 0.560 bits per heavy atom. The van der Waals surface area contributed by atoms with Crippen molar-refractivity contribution in [3.63, 3.8) is 0 Å². The fourth-order valence-corrected chi connectivity index (χ4v) is 6.07. The molecule has 50 heavy (non-hydrogen) atoms. The van der Waals surface area contributed by atoms with Gasteiger partial charge in [0, 0.05) is 24.8 Å². The minimum absolute atomic E-state index is 0.0808. The van der Waals surface area contributed by atoms with Crippen LogP contribution in [0.2, 0.25) is 0 Å². The number of nitrogens with zero attached hydrogens (tertiary/aromatic N) is 1. The summed E-state index contributed by atoms with van der Waals surface area (Å²) < 4.78 is 18.4. The Labute approximate surface area is 298 Å².